The molecule has 3 aromatic rings. The molecule has 0 bridgehead atoms. The molecule has 0 spiro atoms. The molecule has 0 saturated carbocycles. The van der Waals surface area contributed by atoms with Crippen molar-refractivity contribution >= 4 is 29.1 Å². The van der Waals surface area contributed by atoms with Crippen molar-refractivity contribution in [2.24, 2.45) is 0 Å². The highest BCUT2D eigenvalue weighted by Gasteiger charge is 2.27. The number of carbonyl (C=O) groups excluding carboxylic acids is 1. The Labute approximate surface area is 181 Å². The summed E-state index contributed by atoms with van der Waals surface area (Å²) in [4.78, 5) is 24.0. The van der Waals surface area contributed by atoms with Crippen LogP contribution in [-0.4, -0.2) is 27.3 Å². The fraction of sp³-hybridized carbons (Fsp3) is 0.261. The second-order valence-corrected chi connectivity index (χ2v) is 7.27. The summed E-state index contributed by atoms with van der Waals surface area (Å²) in [5.41, 5.74) is 4.43. The maximum Gasteiger partial charge on any atom is 0.255 e. The second-order valence-electron chi connectivity index (χ2n) is 6.49. The average Bonchev–Trinajstić information content (AvgIpc) is 2.76. The van der Waals surface area contributed by atoms with Gasteiger partial charge in [-0.05, 0) is 25.5 Å². The zero-order valence-corrected chi connectivity index (χ0v) is 18.3. The second kappa shape index (κ2) is 9.38. The number of aromatic nitrogens is 2. The van der Waals surface area contributed by atoms with Crippen LogP contribution in [0.3, 0.4) is 0 Å². The quantitative estimate of drug-likeness (QED) is 0.504. The largest absolute Gasteiger partial charge is 0.332 e. The van der Waals surface area contributed by atoms with Crippen molar-refractivity contribution in [1.29, 1.82) is 0 Å². The highest BCUT2D eigenvalue weighted by Crippen LogP contribution is 2.31. The van der Waals surface area contributed by atoms with E-state index in [1.807, 2.05) is 51.1 Å². The Morgan fingerprint density at radius 2 is 1.72 bits per heavy atom. The molecule has 0 N–H and O–H groups in total. The minimum Gasteiger partial charge on any atom is -0.332 e. The van der Waals surface area contributed by atoms with Gasteiger partial charge in [-0.1, -0.05) is 73.4 Å². The third-order valence-electron chi connectivity index (χ3n) is 4.69. The lowest BCUT2D eigenvalue weighted by atomic mass is 9.98. The van der Waals surface area contributed by atoms with Crippen molar-refractivity contribution in [1.82, 2.24) is 14.9 Å². The molecule has 6 heteroatoms. The van der Waals surface area contributed by atoms with Crippen LogP contribution in [-0.2, 0) is 13.0 Å². The average molecular weight is 428 g/mol. The number of carbonyl (C=O) groups is 1. The number of hydrogen-bond donors (Lipinski definition) is 0. The molecule has 4 rings (SSSR count). The number of hydrogen-bond acceptors (Lipinski definition) is 3. The Bertz CT molecular complexity index is 1020. The summed E-state index contributed by atoms with van der Waals surface area (Å²) < 4.78 is 0. The Morgan fingerprint density at radius 1 is 1.00 bits per heavy atom. The van der Waals surface area contributed by atoms with Crippen LogP contribution < -0.4 is 0 Å². The predicted octanol–water partition coefficient (Wildman–Crippen LogP) is 5.98. The van der Waals surface area contributed by atoms with E-state index in [-0.39, 0.29) is 5.91 Å². The van der Waals surface area contributed by atoms with Gasteiger partial charge in [0.25, 0.3) is 5.91 Å². The lowest BCUT2D eigenvalue weighted by Gasteiger charge is -2.29. The topological polar surface area (TPSA) is 46.1 Å². The van der Waals surface area contributed by atoms with Crippen molar-refractivity contribution in [3.63, 3.8) is 0 Å². The van der Waals surface area contributed by atoms with Gasteiger partial charge < -0.3 is 4.90 Å². The molecular weight excluding hydrogens is 405 g/mol. The molecule has 0 unspecified atom stereocenters. The van der Waals surface area contributed by atoms with Crippen molar-refractivity contribution in [2.45, 2.75) is 33.7 Å². The Kier molecular flexibility index (Phi) is 6.88. The number of rotatable bonds is 2. The van der Waals surface area contributed by atoms with Gasteiger partial charge in [0.1, 0.15) is 5.82 Å². The summed E-state index contributed by atoms with van der Waals surface area (Å²) in [7, 11) is 0. The Morgan fingerprint density at radius 3 is 2.45 bits per heavy atom. The monoisotopic (exact) mass is 427 g/mol. The van der Waals surface area contributed by atoms with Crippen LogP contribution in [0.5, 0.6) is 0 Å². The normalized spacial score (nSPS) is 12.7. The fourth-order valence-electron chi connectivity index (χ4n) is 3.40. The van der Waals surface area contributed by atoms with Gasteiger partial charge in [-0.15, -0.1) is 0 Å². The van der Waals surface area contributed by atoms with Gasteiger partial charge in [0, 0.05) is 17.7 Å². The van der Waals surface area contributed by atoms with Gasteiger partial charge in [-0.2, -0.15) is 0 Å². The third-order valence-corrected chi connectivity index (χ3v) is 5.51. The van der Waals surface area contributed by atoms with Crippen molar-refractivity contribution in [2.75, 3.05) is 6.54 Å². The summed E-state index contributed by atoms with van der Waals surface area (Å²) >= 11 is 12.3. The zero-order valence-electron chi connectivity index (χ0n) is 16.7. The van der Waals surface area contributed by atoms with E-state index in [2.05, 4.69) is 9.97 Å². The lowest BCUT2D eigenvalue weighted by Crippen LogP contribution is -2.37. The molecule has 0 fully saturated rings. The van der Waals surface area contributed by atoms with E-state index >= 15 is 0 Å². The molecular formula is C23H23Cl2N3O. The van der Waals surface area contributed by atoms with E-state index in [9.17, 15) is 4.79 Å². The van der Waals surface area contributed by atoms with E-state index in [0.29, 0.717) is 40.9 Å². The van der Waals surface area contributed by atoms with E-state index in [1.165, 1.54) is 0 Å². The molecule has 29 heavy (non-hydrogen) atoms. The number of aryl methyl sites for hydroxylation is 1. The Hall–Kier alpha value is -2.43. The van der Waals surface area contributed by atoms with Crippen molar-refractivity contribution < 1.29 is 4.79 Å². The van der Waals surface area contributed by atoms with Crippen molar-refractivity contribution in [3.05, 3.63) is 81.2 Å². The number of amides is 1. The molecule has 4 nitrogen and oxygen atoms in total. The number of halogens is 2. The summed E-state index contributed by atoms with van der Waals surface area (Å²) in [6, 6.07) is 15.2. The van der Waals surface area contributed by atoms with Crippen LogP contribution in [0.25, 0.3) is 11.3 Å². The first-order valence-corrected chi connectivity index (χ1v) is 10.5. The summed E-state index contributed by atoms with van der Waals surface area (Å²) in [6.07, 6.45) is 0.698. The molecule has 1 aliphatic heterocycles. The molecule has 0 radical (unpaired) electrons. The molecule has 1 aromatic heterocycles. The molecule has 0 atom stereocenters. The lowest BCUT2D eigenvalue weighted by molar-refractivity contribution is 0.0732. The standard InChI is InChI=1S/C21H17Cl2N3O.C2H6/c1-13-24-18-12-26(21(27)16-8-5-9-17(22)19(16)23)11-10-15(18)20(25-13)14-6-3-2-4-7-14;1-2/h2-9H,10-12H2,1H3;1-2H3. The van der Waals surface area contributed by atoms with Crippen LogP contribution in [0.15, 0.2) is 48.5 Å². The number of benzene rings is 2. The molecule has 2 aromatic carbocycles. The van der Waals surface area contributed by atoms with E-state index in [0.717, 1.165) is 22.5 Å². The maximum atomic E-state index is 13.0. The third kappa shape index (κ3) is 4.44. The highest BCUT2D eigenvalue weighted by molar-refractivity contribution is 6.43. The molecule has 1 aliphatic rings. The van der Waals surface area contributed by atoms with Gasteiger partial charge >= 0.3 is 0 Å². The number of fused-ring (bicyclic) bond motifs is 1. The van der Waals surface area contributed by atoms with Gasteiger partial charge in [0.05, 0.1) is 33.5 Å². The Balaban J connectivity index is 0.00000117. The SMILES string of the molecule is CC.Cc1nc2c(c(-c3ccccc3)n1)CCN(C(=O)c1cccc(Cl)c1Cl)C2. The molecule has 1 amide bonds. The van der Waals surface area contributed by atoms with Crippen LogP contribution >= 0.6 is 23.2 Å². The van der Waals surface area contributed by atoms with E-state index in [4.69, 9.17) is 23.2 Å². The maximum absolute atomic E-state index is 13.0. The van der Waals surface area contributed by atoms with Gasteiger partial charge in [0.15, 0.2) is 0 Å². The van der Waals surface area contributed by atoms with E-state index in [1.54, 1.807) is 23.1 Å². The zero-order chi connectivity index (χ0) is 21.0. The van der Waals surface area contributed by atoms with Gasteiger partial charge in [-0.25, -0.2) is 9.97 Å². The van der Waals surface area contributed by atoms with Crippen LogP contribution in [0.2, 0.25) is 10.0 Å². The van der Waals surface area contributed by atoms with Gasteiger partial charge in [0.2, 0.25) is 0 Å². The van der Waals surface area contributed by atoms with Crippen LogP contribution in [0, 0.1) is 6.92 Å². The van der Waals surface area contributed by atoms with Gasteiger partial charge in [-0.3, -0.25) is 4.79 Å². The molecule has 0 saturated heterocycles. The smallest absolute Gasteiger partial charge is 0.255 e. The molecule has 2 heterocycles. The van der Waals surface area contributed by atoms with E-state index < -0.39 is 0 Å². The highest BCUT2D eigenvalue weighted by atomic mass is 35.5. The van der Waals surface area contributed by atoms with Crippen LogP contribution in [0.1, 0.15) is 41.3 Å². The summed E-state index contributed by atoms with van der Waals surface area (Å²) in [5, 5.41) is 0.670. The summed E-state index contributed by atoms with van der Waals surface area (Å²) in [5.74, 6) is 0.563. The summed E-state index contributed by atoms with van der Waals surface area (Å²) in [6.45, 7) is 6.89. The van der Waals surface area contributed by atoms with Crippen molar-refractivity contribution in [3.8, 4) is 11.3 Å². The molecule has 0 aliphatic carbocycles. The minimum atomic E-state index is -0.134. The first-order valence-electron chi connectivity index (χ1n) is 9.69. The minimum absolute atomic E-state index is 0.134. The van der Waals surface area contributed by atoms with Crippen LogP contribution in [0.4, 0.5) is 0 Å². The fourth-order valence-corrected chi connectivity index (χ4v) is 3.78. The molecule has 150 valence electrons. The predicted molar refractivity (Wildman–Crippen MR) is 118 cm³/mol. The first kappa shape index (κ1) is 21.3. The number of nitrogens with zero attached hydrogens (tertiary/aromatic N) is 3. The first-order chi connectivity index (χ1) is 14.0.